The molecule has 0 aliphatic heterocycles. The Morgan fingerprint density at radius 2 is 1.73 bits per heavy atom. The van der Waals surface area contributed by atoms with Gasteiger partial charge in [0.25, 0.3) is 0 Å². The number of halogens is 3. The zero-order chi connectivity index (χ0) is 15.7. The first-order valence-electron chi connectivity index (χ1n) is 6.65. The molecule has 0 unspecified atom stereocenters. The third kappa shape index (κ3) is 2.88. The van der Waals surface area contributed by atoms with E-state index in [1.807, 2.05) is 31.2 Å². The van der Waals surface area contributed by atoms with Gasteiger partial charge in [0.2, 0.25) is 5.88 Å². The van der Waals surface area contributed by atoms with Crippen molar-refractivity contribution < 1.29 is 17.9 Å². The van der Waals surface area contributed by atoms with Gasteiger partial charge in [-0.1, -0.05) is 24.3 Å². The molecule has 1 aromatic heterocycles. The summed E-state index contributed by atoms with van der Waals surface area (Å²) in [7, 11) is 0. The number of rotatable bonds is 2. The largest absolute Gasteiger partial charge is 0.439 e. The van der Waals surface area contributed by atoms with E-state index in [0.29, 0.717) is 0 Å². The van der Waals surface area contributed by atoms with E-state index in [1.54, 1.807) is 6.07 Å². The Labute approximate surface area is 125 Å². The van der Waals surface area contributed by atoms with E-state index in [1.165, 1.54) is 12.1 Å². The molecule has 0 aliphatic carbocycles. The molecule has 0 atom stereocenters. The molecule has 1 heterocycles. The normalized spacial score (nSPS) is 11.6. The van der Waals surface area contributed by atoms with Crippen molar-refractivity contribution in [1.29, 1.82) is 0 Å². The topological polar surface area (TPSA) is 22.1 Å². The zero-order valence-electron chi connectivity index (χ0n) is 11.7. The molecule has 0 aliphatic rings. The third-order valence-corrected chi connectivity index (χ3v) is 3.28. The molecule has 3 aromatic rings. The van der Waals surface area contributed by atoms with Crippen molar-refractivity contribution in [2.24, 2.45) is 0 Å². The predicted molar refractivity (Wildman–Crippen MR) is 78.0 cm³/mol. The molecule has 0 N–H and O–H groups in total. The number of pyridine rings is 1. The Morgan fingerprint density at radius 1 is 0.955 bits per heavy atom. The second-order valence-corrected chi connectivity index (χ2v) is 4.92. The third-order valence-electron chi connectivity index (χ3n) is 3.28. The summed E-state index contributed by atoms with van der Waals surface area (Å²) >= 11 is 0. The van der Waals surface area contributed by atoms with Crippen LogP contribution in [0, 0.1) is 6.92 Å². The molecule has 2 aromatic carbocycles. The number of aryl methyl sites for hydroxylation is 1. The van der Waals surface area contributed by atoms with Crippen LogP contribution < -0.4 is 4.74 Å². The number of hydrogen-bond donors (Lipinski definition) is 0. The van der Waals surface area contributed by atoms with Gasteiger partial charge in [0.1, 0.15) is 5.75 Å². The van der Waals surface area contributed by atoms with Crippen LogP contribution in [0.15, 0.2) is 54.6 Å². The molecule has 0 saturated carbocycles. The fraction of sp³-hybridized carbons (Fsp3) is 0.118. The first-order chi connectivity index (χ1) is 10.4. The Morgan fingerprint density at radius 3 is 2.50 bits per heavy atom. The molecule has 0 radical (unpaired) electrons. The molecule has 2 nitrogen and oxygen atoms in total. The first kappa shape index (κ1) is 14.4. The van der Waals surface area contributed by atoms with E-state index in [9.17, 15) is 13.2 Å². The van der Waals surface area contributed by atoms with Crippen LogP contribution in [0.4, 0.5) is 13.2 Å². The number of nitrogens with zero attached hydrogens (tertiary/aromatic N) is 1. The summed E-state index contributed by atoms with van der Waals surface area (Å²) in [6, 6.07) is 14.0. The number of fused-ring (bicyclic) bond motifs is 1. The van der Waals surface area contributed by atoms with Crippen LogP contribution in [0.2, 0.25) is 0 Å². The lowest BCUT2D eigenvalue weighted by atomic mass is 10.1. The van der Waals surface area contributed by atoms with Gasteiger partial charge in [-0.2, -0.15) is 13.2 Å². The number of para-hydroxylation sites is 1. The van der Waals surface area contributed by atoms with Crippen LogP contribution in [0.1, 0.15) is 11.1 Å². The molecule has 0 amide bonds. The molecule has 3 rings (SSSR count). The van der Waals surface area contributed by atoms with E-state index in [4.69, 9.17) is 4.74 Å². The van der Waals surface area contributed by atoms with E-state index in [2.05, 4.69) is 4.98 Å². The van der Waals surface area contributed by atoms with E-state index in [-0.39, 0.29) is 11.6 Å². The standard InChI is InChI=1S/C17H12F3NO/c1-11-9-16(21-15-8-3-2-7-14(11)15)22-13-6-4-5-12(10-13)17(18,19)20/h2-10H,1H3. The summed E-state index contributed by atoms with van der Waals surface area (Å²) in [6.07, 6.45) is -4.40. The van der Waals surface area contributed by atoms with E-state index in [0.717, 1.165) is 28.6 Å². The average molecular weight is 303 g/mol. The number of aromatic nitrogens is 1. The van der Waals surface area contributed by atoms with Crippen molar-refractivity contribution in [3.63, 3.8) is 0 Å². The maximum Gasteiger partial charge on any atom is 0.416 e. The van der Waals surface area contributed by atoms with Crippen molar-refractivity contribution >= 4 is 10.9 Å². The quantitative estimate of drug-likeness (QED) is 0.636. The second kappa shape index (κ2) is 5.33. The lowest BCUT2D eigenvalue weighted by Gasteiger charge is -2.10. The Hall–Kier alpha value is -2.56. The van der Waals surface area contributed by atoms with Crippen LogP contribution in [0.25, 0.3) is 10.9 Å². The van der Waals surface area contributed by atoms with Crippen molar-refractivity contribution in [3.8, 4) is 11.6 Å². The van der Waals surface area contributed by atoms with Gasteiger partial charge in [0.05, 0.1) is 11.1 Å². The Kier molecular flexibility index (Phi) is 3.48. The molecule has 22 heavy (non-hydrogen) atoms. The van der Waals surface area contributed by atoms with Crippen LogP contribution in [0.3, 0.4) is 0 Å². The molecule has 0 spiro atoms. The van der Waals surface area contributed by atoms with E-state index < -0.39 is 11.7 Å². The summed E-state index contributed by atoms with van der Waals surface area (Å²) in [5.41, 5.74) is 0.944. The predicted octanol–water partition coefficient (Wildman–Crippen LogP) is 5.35. The highest BCUT2D eigenvalue weighted by Gasteiger charge is 2.30. The van der Waals surface area contributed by atoms with Crippen LogP contribution in [0.5, 0.6) is 11.6 Å². The van der Waals surface area contributed by atoms with Crippen LogP contribution in [-0.4, -0.2) is 4.98 Å². The maximum absolute atomic E-state index is 12.7. The second-order valence-electron chi connectivity index (χ2n) is 4.92. The molecular formula is C17H12F3NO. The van der Waals surface area contributed by atoms with Gasteiger partial charge in [-0.15, -0.1) is 0 Å². The SMILES string of the molecule is Cc1cc(Oc2cccc(C(F)(F)F)c2)nc2ccccc12. The van der Waals surface area contributed by atoms with Gasteiger partial charge < -0.3 is 4.74 Å². The van der Waals surface area contributed by atoms with Gasteiger partial charge >= 0.3 is 6.18 Å². The minimum Gasteiger partial charge on any atom is -0.439 e. The van der Waals surface area contributed by atoms with Crippen molar-refractivity contribution in [1.82, 2.24) is 4.98 Å². The fourth-order valence-electron chi connectivity index (χ4n) is 2.23. The molecule has 0 saturated heterocycles. The molecular weight excluding hydrogens is 291 g/mol. The smallest absolute Gasteiger partial charge is 0.416 e. The summed E-state index contributed by atoms with van der Waals surface area (Å²) in [4.78, 5) is 4.32. The molecule has 5 heteroatoms. The highest BCUT2D eigenvalue weighted by Crippen LogP contribution is 2.33. The lowest BCUT2D eigenvalue weighted by Crippen LogP contribution is -2.04. The lowest BCUT2D eigenvalue weighted by molar-refractivity contribution is -0.137. The van der Waals surface area contributed by atoms with E-state index >= 15 is 0 Å². The fourth-order valence-corrected chi connectivity index (χ4v) is 2.23. The summed E-state index contributed by atoms with van der Waals surface area (Å²) in [6.45, 7) is 1.91. The minimum atomic E-state index is -4.40. The minimum absolute atomic E-state index is 0.108. The molecule has 112 valence electrons. The first-order valence-corrected chi connectivity index (χ1v) is 6.65. The van der Waals surface area contributed by atoms with Crippen molar-refractivity contribution in [3.05, 3.63) is 65.7 Å². The van der Waals surface area contributed by atoms with Gasteiger partial charge in [-0.3, -0.25) is 0 Å². The van der Waals surface area contributed by atoms with Gasteiger partial charge in [0, 0.05) is 11.5 Å². The van der Waals surface area contributed by atoms with Crippen LogP contribution in [-0.2, 0) is 6.18 Å². The summed E-state index contributed by atoms with van der Waals surface area (Å²) in [5.74, 6) is 0.382. The van der Waals surface area contributed by atoms with Gasteiger partial charge in [-0.25, -0.2) is 4.98 Å². The average Bonchev–Trinajstić information content (AvgIpc) is 2.47. The van der Waals surface area contributed by atoms with Gasteiger partial charge in [0.15, 0.2) is 0 Å². The number of benzene rings is 2. The highest BCUT2D eigenvalue weighted by atomic mass is 19.4. The number of hydrogen-bond acceptors (Lipinski definition) is 2. The zero-order valence-corrected chi connectivity index (χ0v) is 11.7. The molecule has 0 fully saturated rings. The Balaban J connectivity index is 1.97. The number of ether oxygens (including phenoxy) is 1. The summed E-state index contributed by atoms with van der Waals surface area (Å²) in [5, 5.41) is 0.985. The summed E-state index contributed by atoms with van der Waals surface area (Å²) < 4.78 is 43.6. The van der Waals surface area contributed by atoms with Gasteiger partial charge in [-0.05, 0) is 36.8 Å². The van der Waals surface area contributed by atoms with Crippen molar-refractivity contribution in [2.75, 3.05) is 0 Å². The number of alkyl halides is 3. The monoisotopic (exact) mass is 303 g/mol. The van der Waals surface area contributed by atoms with Crippen molar-refractivity contribution in [2.45, 2.75) is 13.1 Å². The Bertz CT molecular complexity index is 827. The maximum atomic E-state index is 12.7. The molecule has 0 bridgehead atoms. The highest BCUT2D eigenvalue weighted by molar-refractivity contribution is 5.82. The van der Waals surface area contributed by atoms with Crippen LogP contribution >= 0.6 is 0 Å².